The Balaban J connectivity index is 1.91. The van der Waals surface area contributed by atoms with E-state index in [0.717, 1.165) is 19.2 Å². The van der Waals surface area contributed by atoms with Crippen LogP contribution in [0.5, 0.6) is 11.8 Å². The highest BCUT2D eigenvalue weighted by Gasteiger charge is 2.58. The number of alkyl halides is 5. The lowest BCUT2D eigenvalue weighted by Crippen LogP contribution is -2.51. The number of aryl methyl sites for hydroxylation is 1. The van der Waals surface area contributed by atoms with Crippen LogP contribution in [0.25, 0.3) is 0 Å². The van der Waals surface area contributed by atoms with Crippen LogP contribution in [0, 0.1) is 12.7 Å². The average molecular weight is 647 g/mol. The first-order chi connectivity index (χ1) is 20.6. The SMILES string of the molecule is [2H]C([2H])([2H])O[C@@]1(C(F)(F)F)CCc2c(S(=O)(=O)Nc3cc(F)c(OC(F)F)nc3OC)cn(S(=O)(=O)c3ccc(C)cc3)c2C1. The Morgan fingerprint density at radius 1 is 1.14 bits per heavy atom. The number of pyridine rings is 1. The zero-order valence-corrected chi connectivity index (χ0v) is 23.1. The molecule has 2 aromatic heterocycles. The highest BCUT2D eigenvalue weighted by molar-refractivity contribution is 7.93. The fraction of sp³-hybridized carbons (Fsp3) is 0.375. The van der Waals surface area contributed by atoms with Gasteiger partial charge < -0.3 is 14.2 Å². The predicted molar refractivity (Wildman–Crippen MR) is 134 cm³/mol. The summed E-state index contributed by atoms with van der Waals surface area (Å²) in [5.74, 6) is -3.54. The number of rotatable bonds is 9. The van der Waals surface area contributed by atoms with Crippen LogP contribution in [0.4, 0.5) is 32.0 Å². The molecule has 0 spiro atoms. The number of halogens is 6. The first kappa shape index (κ1) is 27.3. The molecule has 0 saturated heterocycles. The van der Waals surface area contributed by atoms with Gasteiger partial charge in [-0.15, -0.1) is 0 Å². The lowest BCUT2D eigenvalue weighted by Gasteiger charge is -2.38. The topological polar surface area (TPSA) is 126 Å². The Hall–Kier alpha value is -3.51. The smallest absolute Gasteiger partial charge is 0.417 e. The second-order valence-electron chi connectivity index (χ2n) is 9.12. The van der Waals surface area contributed by atoms with E-state index in [1.807, 2.05) is 4.72 Å². The van der Waals surface area contributed by atoms with E-state index in [2.05, 4.69) is 14.5 Å². The van der Waals surface area contributed by atoms with Gasteiger partial charge in [0, 0.05) is 31.4 Å². The number of nitrogens with one attached hydrogen (secondary N) is 1. The molecule has 0 saturated carbocycles. The molecule has 0 radical (unpaired) electrons. The maximum absolute atomic E-state index is 14.4. The Kier molecular flexibility index (Phi) is 7.13. The van der Waals surface area contributed by atoms with Crippen LogP contribution < -0.4 is 14.2 Å². The van der Waals surface area contributed by atoms with E-state index >= 15 is 0 Å². The Bertz CT molecular complexity index is 1820. The molecule has 0 fully saturated rings. The van der Waals surface area contributed by atoms with Crippen LogP contribution >= 0.6 is 0 Å². The summed E-state index contributed by atoms with van der Waals surface area (Å²) in [6.07, 6.45) is -8.18. The highest BCUT2D eigenvalue weighted by Crippen LogP contribution is 2.46. The van der Waals surface area contributed by atoms with Gasteiger partial charge in [-0.05, 0) is 37.5 Å². The van der Waals surface area contributed by atoms with Gasteiger partial charge in [0.05, 0.1) is 16.1 Å². The van der Waals surface area contributed by atoms with Crippen molar-refractivity contribution in [3.63, 3.8) is 0 Å². The van der Waals surface area contributed by atoms with Gasteiger partial charge in [-0.2, -0.15) is 26.9 Å². The van der Waals surface area contributed by atoms with Crippen LogP contribution in [0.3, 0.4) is 0 Å². The number of sulfonamides is 1. The summed E-state index contributed by atoms with van der Waals surface area (Å²) in [5, 5.41) is 0. The van der Waals surface area contributed by atoms with Crippen LogP contribution in [0.2, 0.25) is 0 Å². The van der Waals surface area contributed by atoms with Gasteiger partial charge in [-0.1, -0.05) is 17.7 Å². The number of methoxy groups -OCH3 is 2. The van der Waals surface area contributed by atoms with Crippen LogP contribution in [0.15, 0.2) is 46.3 Å². The number of aromatic nitrogens is 2. The normalized spacial score (nSPS) is 19.0. The van der Waals surface area contributed by atoms with Crippen molar-refractivity contribution in [2.45, 2.75) is 54.4 Å². The molecule has 0 amide bonds. The summed E-state index contributed by atoms with van der Waals surface area (Å²) in [6.45, 7) is -1.87. The second-order valence-corrected chi connectivity index (χ2v) is 12.6. The number of hydrogen-bond donors (Lipinski definition) is 1. The van der Waals surface area contributed by atoms with Crippen molar-refractivity contribution < 1.29 is 61.5 Å². The van der Waals surface area contributed by atoms with Crippen LogP contribution in [-0.4, -0.2) is 58.3 Å². The second kappa shape index (κ2) is 11.0. The summed E-state index contributed by atoms with van der Waals surface area (Å²) in [5.41, 5.74) is -4.74. The van der Waals surface area contributed by atoms with Gasteiger partial charge in [0.15, 0.2) is 11.4 Å². The first-order valence-electron chi connectivity index (χ1n) is 13.1. The molecule has 3 aromatic rings. The summed E-state index contributed by atoms with van der Waals surface area (Å²) in [7, 11) is -12.5. The molecule has 1 aromatic carbocycles. The van der Waals surface area contributed by atoms with Crippen molar-refractivity contribution in [1.29, 1.82) is 0 Å². The maximum atomic E-state index is 14.4. The number of nitrogens with zero attached hydrogens (tertiary/aromatic N) is 2. The lowest BCUT2D eigenvalue weighted by atomic mass is 9.83. The minimum absolute atomic E-state index is 0.291. The van der Waals surface area contributed by atoms with Crippen molar-refractivity contribution >= 4 is 25.7 Å². The van der Waals surface area contributed by atoms with Crippen molar-refractivity contribution in [2.24, 2.45) is 0 Å². The van der Waals surface area contributed by atoms with Gasteiger partial charge in [-0.25, -0.2) is 25.2 Å². The van der Waals surface area contributed by atoms with Crippen molar-refractivity contribution in [1.82, 2.24) is 8.96 Å². The van der Waals surface area contributed by atoms with Crippen LogP contribution in [-0.2, 0) is 37.6 Å². The fourth-order valence-corrected chi connectivity index (χ4v) is 7.20. The number of benzene rings is 1. The maximum Gasteiger partial charge on any atom is 0.417 e. The number of ether oxygens (including phenoxy) is 3. The van der Waals surface area contributed by atoms with E-state index in [1.165, 1.54) is 12.1 Å². The minimum Gasteiger partial charge on any atom is -0.479 e. The predicted octanol–water partition coefficient (Wildman–Crippen LogP) is 4.41. The third kappa shape index (κ3) is 5.61. The molecular formula is C24H23F6N3O7S2. The van der Waals surface area contributed by atoms with Gasteiger partial charge in [-0.3, -0.25) is 4.72 Å². The zero-order chi connectivity index (χ0) is 33.8. The average Bonchev–Trinajstić information content (AvgIpc) is 3.29. The molecule has 2 heterocycles. The minimum atomic E-state index is -5.35. The zero-order valence-electron chi connectivity index (χ0n) is 24.5. The fourth-order valence-electron chi connectivity index (χ4n) is 4.38. The molecule has 42 heavy (non-hydrogen) atoms. The van der Waals surface area contributed by atoms with Gasteiger partial charge in [0.25, 0.3) is 25.9 Å². The molecule has 230 valence electrons. The summed E-state index contributed by atoms with van der Waals surface area (Å²) in [4.78, 5) is 2.04. The molecule has 0 aliphatic heterocycles. The Morgan fingerprint density at radius 3 is 2.38 bits per heavy atom. The van der Waals surface area contributed by atoms with Crippen molar-refractivity contribution in [3.8, 4) is 11.8 Å². The van der Waals surface area contributed by atoms with E-state index in [9.17, 15) is 43.2 Å². The molecule has 18 heteroatoms. The third-order valence-electron chi connectivity index (χ3n) is 6.50. The van der Waals surface area contributed by atoms with Gasteiger partial charge in [0.2, 0.25) is 5.88 Å². The summed E-state index contributed by atoms with van der Waals surface area (Å²) in [6, 6.07) is 5.41. The van der Waals surface area contributed by atoms with E-state index in [0.29, 0.717) is 21.8 Å². The number of hydrogen-bond acceptors (Lipinski definition) is 8. The Labute approximate surface area is 240 Å². The van der Waals surface area contributed by atoms with E-state index in [1.54, 1.807) is 6.92 Å². The van der Waals surface area contributed by atoms with Gasteiger partial charge in [0.1, 0.15) is 10.6 Å². The largest absolute Gasteiger partial charge is 0.479 e. The summed E-state index contributed by atoms with van der Waals surface area (Å²) < 4.78 is 175. The first-order valence-corrected chi connectivity index (χ1v) is 14.6. The molecule has 0 bridgehead atoms. The van der Waals surface area contributed by atoms with Crippen molar-refractivity contribution in [3.05, 3.63) is 59.2 Å². The van der Waals surface area contributed by atoms with E-state index in [-0.39, 0.29) is 0 Å². The monoisotopic (exact) mass is 646 g/mol. The standard InChI is InChI=1S/C24H23F6N3O7S2/c1-13-4-6-14(7-5-13)42(36,37)33-12-19(15-8-9-23(39-3,11-18(15)33)24(28,29)30)41(34,35)32-17-10-16(25)20(40-22(26)27)31-21(17)38-2/h4-7,10,12,22,32H,8-9,11H2,1-3H3/t23-/m0/s1/i3D3. The van der Waals surface area contributed by atoms with Crippen LogP contribution in [0.1, 0.15) is 27.4 Å². The third-order valence-corrected chi connectivity index (χ3v) is 9.64. The van der Waals surface area contributed by atoms with Gasteiger partial charge >= 0.3 is 12.8 Å². The Morgan fingerprint density at radius 2 is 1.81 bits per heavy atom. The molecule has 1 aliphatic rings. The lowest BCUT2D eigenvalue weighted by molar-refractivity contribution is -0.273. The van der Waals surface area contributed by atoms with E-state index in [4.69, 9.17) is 8.85 Å². The molecule has 1 N–H and O–H groups in total. The molecule has 10 nitrogen and oxygen atoms in total. The molecule has 1 atom stereocenters. The van der Waals surface area contributed by atoms with E-state index < -0.39 is 109 Å². The number of fused-ring (bicyclic) bond motifs is 1. The number of anilines is 1. The molecular weight excluding hydrogens is 620 g/mol. The molecule has 1 aliphatic carbocycles. The van der Waals surface area contributed by atoms with Crippen molar-refractivity contribution in [2.75, 3.05) is 18.9 Å². The molecule has 0 unspecified atom stereocenters. The molecule has 4 rings (SSSR count). The highest BCUT2D eigenvalue weighted by atomic mass is 32.2. The quantitative estimate of drug-likeness (QED) is 0.339. The summed E-state index contributed by atoms with van der Waals surface area (Å²) >= 11 is 0.